The maximum absolute atomic E-state index is 12.7. The summed E-state index contributed by atoms with van der Waals surface area (Å²) in [6.07, 6.45) is -0.922. The largest absolute Gasteiger partial charge is 0.394 e. The molecule has 5 nitrogen and oxygen atoms in total. The summed E-state index contributed by atoms with van der Waals surface area (Å²) in [7, 11) is 0. The Morgan fingerprint density at radius 1 is 1.06 bits per heavy atom. The molecule has 5 N–H and O–H groups in total. The summed E-state index contributed by atoms with van der Waals surface area (Å²) in [5.74, 6) is -0.394. The zero-order chi connectivity index (χ0) is 13.6. The van der Waals surface area contributed by atoms with Gasteiger partial charge in [0.1, 0.15) is 5.82 Å². The standard InChI is InChI=1S/C12H18FNO4/c13-10-3-1-9(2-4-10)11(18)5-14-12(6-15,7-16)8-17/h1-4,11,14-18H,5-8H2. The van der Waals surface area contributed by atoms with E-state index in [2.05, 4.69) is 5.32 Å². The van der Waals surface area contributed by atoms with Gasteiger partial charge in [0.25, 0.3) is 0 Å². The molecule has 102 valence electrons. The van der Waals surface area contributed by atoms with Gasteiger partial charge in [0.15, 0.2) is 0 Å². The van der Waals surface area contributed by atoms with Crippen LogP contribution in [0.2, 0.25) is 0 Å². The molecule has 0 radical (unpaired) electrons. The number of hydrogen-bond donors (Lipinski definition) is 5. The third kappa shape index (κ3) is 3.72. The lowest BCUT2D eigenvalue weighted by atomic mass is 10.0. The van der Waals surface area contributed by atoms with E-state index in [0.29, 0.717) is 5.56 Å². The number of benzene rings is 1. The minimum atomic E-state index is -1.24. The Bertz CT molecular complexity index is 345. The number of β-amino-alcohol motifs (C(OH)–C–C–N with tert-alkyl or cyclic N) is 1. The Hall–Kier alpha value is -1.05. The van der Waals surface area contributed by atoms with Crippen molar-refractivity contribution in [2.24, 2.45) is 0 Å². The zero-order valence-corrected chi connectivity index (χ0v) is 9.88. The Morgan fingerprint density at radius 3 is 2.00 bits per heavy atom. The molecule has 0 aromatic heterocycles. The smallest absolute Gasteiger partial charge is 0.123 e. The molecule has 18 heavy (non-hydrogen) atoms. The first-order valence-corrected chi connectivity index (χ1v) is 5.58. The van der Waals surface area contributed by atoms with Gasteiger partial charge in [-0.3, -0.25) is 0 Å². The summed E-state index contributed by atoms with van der Waals surface area (Å²) in [5, 5.41) is 39.8. The highest BCUT2D eigenvalue weighted by atomic mass is 19.1. The molecule has 1 atom stereocenters. The van der Waals surface area contributed by atoms with E-state index >= 15 is 0 Å². The predicted octanol–water partition coefficient (Wildman–Crippen LogP) is -0.836. The van der Waals surface area contributed by atoms with E-state index in [0.717, 1.165) is 0 Å². The summed E-state index contributed by atoms with van der Waals surface area (Å²) in [4.78, 5) is 0. The summed E-state index contributed by atoms with van der Waals surface area (Å²) in [5.41, 5.74) is -0.729. The van der Waals surface area contributed by atoms with Crippen molar-refractivity contribution >= 4 is 0 Å². The van der Waals surface area contributed by atoms with E-state index in [1.54, 1.807) is 0 Å². The molecule has 0 spiro atoms. The lowest BCUT2D eigenvalue weighted by Gasteiger charge is -2.30. The molecule has 0 bridgehead atoms. The van der Waals surface area contributed by atoms with Gasteiger partial charge in [-0.2, -0.15) is 0 Å². The zero-order valence-electron chi connectivity index (χ0n) is 9.88. The van der Waals surface area contributed by atoms with Gasteiger partial charge in [0.2, 0.25) is 0 Å². The molecule has 1 aromatic carbocycles. The number of aliphatic hydroxyl groups is 4. The first kappa shape index (κ1) is 15.0. The van der Waals surface area contributed by atoms with Gasteiger partial charge in [-0.25, -0.2) is 4.39 Å². The van der Waals surface area contributed by atoms with Crippen molar-refractivity contribution in [2.45, 2.75) is 11.6 Å². The minimum Gasteiger partial charge on any atom is -0.394 e. The van der Waals surface area contributed by atoms with Gasteiger partial charge in [-0.05, 0) is 17.7 Å². The van der Waals surface area contributed by atoms with Crippen molar-refractivity contribution in [1.29, 1.82) is 0 Å². The molecule has 0 amide bonds. The van der Waals surface area contributed by atoms with Crippen LogP contribution in [0.5, 0.6) is 0 Å². The lowest BCUT2D eigenvalue weighted by Crippen LogP contribution is -2.55. The molecule has 1 rings (SSSR count). The van der Waals surface area contributed by atoms with Crippen LogP contribution in [-0.2, 0) is 0 Å². The van der Waals surface area contributed by atoms with E-state index in [4.69, 9.17) is 15.3 Å². The number of aliphatic hydroxyl groups excluding tert-OH is 4. The molecule has 1 aromatic rings. The van der Waals surface area contributed by atoms with Crippen molar-refractivity contribution in [1.82, 2.24) is 5.32 Å². The molecular weight excluding hydrogens is 241 g/mol. The van der Waals surface area contributed by atoms with Crippen molar-refractivity contribution < 1.29 is 24.8 Å². The van der Waals surface area contributed by atoms with Gasteiger partial charge in [-0.15, -0.1) is 0 Å². The Balaban J connectivity index is 2.59. The Kier molecular flexibility index (Phi) is 5.64. The summed E-state index contributed by atoms with van der Waals surface area (Å²) in [6, 6.07) is 5.35. The van der Waals surface area contributed by atoms with Crippen LogP contribution in [-0.4, -0.2) is 52.3 Å². The molecule has 6 heteroatoms. The number of halogens is 1. The molecule has 0 fully saturated rings. The lowest BCUT2D eigenvalue weighted by molar-refractivity contribution is 0.0322. The highest BCUT2D eigenvalue weighted by Gasteiger charge is 2.28. The van der Waals surface area contributed by atoms with Crippen molar-refractivity contribution in [3.8, 4) is 0 Å². The third-order valence-corrected chi connectivity index (χ3v) is 2.83. The van der Waals surface area contributed by atoms with Crippen LogP contribution < -0.4 is 5.32 Å². The van der Waals surface area contributed by atoms with Crippen molar-refractivity contribution in [3.63, 3.8) is 0 Å². The van der Waals surface area contributed by atoms with Crippen LogP contribution in [0.25, 0.3) is 0 Å². The second kappa shape index (κ2) is 6.77. The van der Waals surface area contributed by atoms with E-state index in [9.17, 15) is 9.50 Å². The van der Waals surface area contributed by atoms with Crippen LogP contribution in [0.3, 0.4) is 0 Å². The number of hydrogen-bond acceptors (Lipinski definition) is 5. The van der Waals surface area contributed by atoms with Gasteiger partial charge in [0, 0.05) is 6.54 Å². The summed E-state index contributed by atoms with van der Waals surface area (Å²) in [6.45, 7) is -1.37. The highest BCUT2D eigenvalue weighted by molar-refractivity contribution is 5.18. The summed E-state index contributed by atoms with van der Waals surface area (Å²) < 4.78 is 12.7. The first-order chi connectivity index (χ1) is 8.56. The minimum absolute atomic E-state index is 0.0211. The molecule has 0 aliphatic heterocycles. The summed E-state index contributed by atoms with van der Waals surface area (Å²) >= 11 is 0. The van der Waals surface area contributed by atoms with Crippen LogP contribution in [0.1, 0.15) is 11.7 Å². The van der Waals surface area contributed by atoms with Crippen LogP contribution >= 0.6 is 0 Å². The second-order valence-corrected chi connectivity index (χ2v) is 4.20. The average Bonchev–Trinajstić information content (AvgIpc) is 2.41. The van der Waals surface area contributed by atoms with Crippen molar-refractivity contribution in [2.75, 3.05) is 26.4 Å². The SMILES string of the molecule is OCC(CO)(CO)NCC(O)c1ccc(F)cc1. The van der Waals surface area contributed by atoms with Gasteiger partial charge < -0.3 is 25.7 Å². The van der Waals surface area contributed by atoms with Crippen LogP contribution in [0.15, 0.2) is 24.3 Å². The van der Waals surface area contributed by atoms with Crippen LogP contribution in [0, 0.1) is 5.82 Å². The fourth-order valence-electron chi connectivity index (χ4n) is 1.43. The predicted molar refractivity (Wildman–Crippen MR) is 63.4 cm³/mol. The van der Waals surface area contributed by atoms with E-state index in [1.165, 1.54) is 24.3 Å². The number of nitrogens with one attached hydrogen (secondary N) is 1. The molecule has 0 heterocycles. The molecule has 1 unspecified atom stereocenters. The maximum Gasteiger partial charge on any atom is 0.123 e. The second-order valence-electron chi connectivity index (χ2n) is 4.20. The van der Waals surface area contributed by atoms with Crippen molar-refractivity contribution in [3.05, 3.63) is 35.6 Å². The molecular formula is C12H18FNO4. The fourth-order valence-corrected chi connectivity index (χ4v) is 1.43. The number of rotatable bonds is 7. The molecule has 0 aliphatic rings. The molecule has 0 saturated carbocycles. The fraction of sp³-hybridized carbons (Fsp3) is 0.500. The Labute approximate surface area is 105 Å². The van der Waals surface area contributed by atoms with E-state index in [-0.39, 0.29) is 6.54 Å². The van der Waals surface area contributed by atoms with E-state index in [1.807, 2.05) is 0 Å². The normalized spacial score (nSPS) is 13.6. The van der Waals surface area contributed by atoms with Gasteiger partial charge in [-0.1, -0.05) is 12.1 Å². The Morgan fingerprint density at radius 2 is 1.56 bits per heavy atom. The van der Waals surface area contributed by atoms with E-state index < -0.39 is 37.3 Å². The first-order valence-electron chi connectivity index (χ1n) is 5.58. The monoisotopic (exact) mass is 259 g/mol. The molecule has 0 saturated heterocycles. The maximum atomic E-state index is 12.7. The quantitative estimate of drug-likeness (QED) is 0.440. The third-order valence-electron chi connectivity index (χ3n) is 2.83. The molecule has 0 aliphatic carbocycles. The highest BCUT2D eigenvalue weighted by Crippen LogP contribution is 2.13. The average molecular weight is 259 g/mol. The van der Waals surface area contributed by atoms with Crippen LogP contribution in [0.4, 0.5) is 4.39 Å². The van der Waals surface area contributed by atoms with Gasteiger partial charge >= 0.3 is 0 Å². The topological polar surface area (TPSA) is 93.0 Å². The van der Waals surface area contributed by atoms with Gasteiger partial charge in [0.05, 0.1) is 31.5 Å².